The summed E-state index contributed by atoms with van der Waals surface area (Å²) in [6.07, 6.45) is 9.67. The smallest absolute Gasteiger partial charge is 0.335 e. The van der Waals surface area contributed by atoms with Gasteiger partial charge in [-0.25, -0.2) is 4.79 Å². The molecule has 2 aromatic carbocycles. The third-order valence-electron chi connectivity index (χ3n) is 10.2. The molecule has 0 unspecified atom stereocenters. The fourth-order valence-corrected chi connectivity index (χ4v) is 7.77. The molecular weight excluding hydrogens is 494 g/mol. The number of aryl methyl sites for hydroxylation is 2. The molecule has 3 aromatic heterocycles. The Kier molecular flexibility index (Phi) is 5.95. The Morgan fingerprint density at radius 1 is 0.900 bits per heavy atom. The van der Waals surface area contributed by atoms with Crippen molar-refractivity contribution in [3.8, 4) is 11.3 Å². The SMILES string of the molecule is Cc1c(C)c(C)n(Cc2cn3c4c(cccc24)-c2c(C4CCCCC4)c4ccc(C(=O)O)cc4n2CCC3)c1C. The molecule has 1 fully saturated rings. The van der Waals surface area contributed by atoms with Crippen molar-refractivity contribution < 1.29 is 9.90 Å². The van der Waals surface area contributed by atoms with Crippen molar-refractivity contribution in [2.45, 2.75) is 91.8 Å². The summed E-state index contributed by atoms with van der Waals surface area (Å²) in [6.45, 7) is 11.7. The van der Waals surface area contributed by atoms with Gasteiger partial charge < -0.3 is 18.8 Å². The molecule has 0 radical (unpaired) electrons. The molecule has 1 aliphatic heterocycles. The third-order valence-corrected chi connectivity index (χ3v) is 10.2. The van der Waals surface area contributed by atoms with E-state index in [-0.39, 0.29) is 0 Å². The molecule has 0 bridgehead atoms. The topological polar surface area (TPSA) is 52.1 Å². The fourth-order valence-electron chi connectivity index (χ4n) is 7.77. The van der Waals surface area contributed by atoms with Gasteiger partial charge in [0.25, 0.3) is 0 Å². The van der Waals surface area contributed by atoms with E-state index in [1.807, 2.05) is 6.07 Å². The quantitative estimate of drug-likeness (QED) is 0.252. The Morgan fingerprint density at radius 2 is 1.65 bits per heavy atom. The molecule has 1 aliphatic carbocycles. The Balaban J connectivity index is 1.49. The highest BCUT2D eigenvalue weighted by atomic mass is 16.4. The van der Waals surface area contributed by atoms with Crippen molar-refractivity contribution >= 4 is 27.8 Å². The van der Waals surface area contributed by atoms with E-state index in [4.69, 9.17) is 0 Å². The second kappa shape index (κ2) is 9.43. The molecule has 206 valence electrons. The number of carbonyl (C=O) groups is 1. The van der Waals surface area contributed by atoms with Crippen molar-refractivity contribution in [3.63, 3.8) is 0 Å². The maximum Gasteiger partial charge on any atom is 0.335 e. The van der Waals surface area contributed by atoms with Crippen LogP contribution in [0.1, 0.15) is 88.4 Å². The molecule has 5 aromatic rings. The first-order valence-corrected chi connectivity index (χ1v) is 15.0. The van der Waals surface area contributed by atoms with Crippen LogP contribution in [0, 0.1) is 27.7 Å². The molecule has 2 aliphatic rings. The van der Waals surface area contributed by atoms with Gasteiger partial charge in [-0.05, 0) is 87.3 Å². The van der Waals surface area contributed by atoms with Crippen molar-refractivity contribution in [1.82, 2.24) is 13.7 Å². The maximum absolute atomic E-state index is 12.0. The molecule has 4 heterocycles. The number of hydrogen-bond donors (Lipinski definition) is 1. The van der Waals surface area contributed by atoms with Crippen molar-refractivity contribution in [2.75, 3.05) is 0 Å². The molecule has 0 atom stereocenters. The van der Waals surface area contributed by atoms with E-state index in [1.54, 1.807) is 6.07 Å². The largest absolute Gasteiger partial charge is 0.478 e. The number of rotatable bonds is 4. The van der Waals surface area contributed by atoms with Gasteiger partial charge in [0.05, 0.1) is 16.8 Å². The number of nitrogens with zero attached hydrogens (tertiary/aromatic N) is 3. The number of carboxylic acid groups (broad SMARTS) is 1. The number of carboxylic acids is 1. The van der Waals surface area contributed by atoms with Gasteiger partial charge in [0.2, 0.25) is 0 Å². The monoisotopic (exact) mass is 533 g/mol. The number of aromatic nitrogens is 3. The minimum absolute atomic E-state index is 0.372. The van der Waals surface area contributed by atoms with E-state index in [9.17, 15) is 9.90 Å². The maximum atomic E-state index is 12.0. The third kappa shape index (κ3) is 3.70. The number of aromatic carboxylic acids is 1. The number of hydrogen-bond acceptors (Lipinski definition) is 1. The van der Waals surface area contributed by atoms with E-state index in [1.165, 1.54) is 93.3 Å². The fraction of sp³-hybridized carbons (Fsp3) is 0.400. The highest BCUT2D eigenvalue weighted by Crippen LogP contribution is 2.47. The van der Waals surface area contributed by atoms with Crippen molar-refractivity contribution in [1.29, 1.82) is 0 Å². The Hall–Kier alpha value is -3.73. The summed E-state index contributed by atoms with van der Waals surface area (Å²) >= 11 is 0. The Labute approximate surface area is 236 Å². The summed E-state index contributed by atoms with van der Waals surface area (Å²) in [6, 6.07) is 12.7. The second-order valence-electron chi connectivity index (χ2n) is 12.2. The predicted molar refractivity (Wildman–Crippen MR) is 163 cm³/mol. The average molecular weight is 534 g/mol. The lowest BCUT2D eigenvalue weighted by Crippen LogP contribution is -2.11. The van der Waals surface area contributed by atoms with Crippen LogP contribution in [-0.2, 0) is 19.6 Å². The van der Waals surface area contributed by atoms with Crippen LogP contribution in [0.3, 0.4) is 0 Å². The van der Waals surface area contributed by atoms with E-state index >= 15 is 0 Å². The lowest BCUT2D eigenvalue weighted by Gasteiger charge is -2.25. The second-order valence-corrected chi connectivity index (χ2v) is 12.2. The lowest BCUT2D eigenvalue weighted by atomic mass is 9.81. The van der Waals surface area contributed by atoms with Gasteiger partial charge in [0, 0.05) is 59.1 Å². The summed E-state index contributed by atoms with van der Waals surface area (Å²) in [7, 11) is 0. The first-order valence-electron chi connectivity index (χ1n) is 15.0. The number of benzene rings is 2. The van der Waals surface area contributed by atoms with Crippen LogP contribution in [0.2, 0.25) is 0 Å². The van der Waals surface area contributed by atoms with Crippen molar-refractivity contribution in [3.05, 3.63) is 81.8 Å². The highest BCUT2D eigenvalue weighted by molar-refractivity contribution is 6.03. The van der Waals surface area contributed by atoms with Crippen LogP contribution in [0.25, 0.3) is 33.1 Å². The number of para-hydroxylation sites is 1. The summed E-state index contributed by atoms with van der Waals surface area (Å²) < 4.78 is 7.44. The van der Waals surface area contributed by atoms with Crippen molar-refractivity contribution in [2.24, 2.45) is 0 Å². The van der Waals surface area contributed by atoms with Gasteiger partial charge in [-0.2, -0.15) is 0 Å². The minimum atomic E-state index is -0.857. The first kappa shape index (κ1) is 25.3. The van der Waals surface area contributed by atoms with Gasteiger partial charge in [0.15, 0.2) is 0 Å². The summed E-state index contributed by atoms with van der Waals surface area (Å²) in [5.74, 6) is -0.346. The molecule has 0 amide bonds. The highest BCUT2D eigenvalue weighted by Gasteiger charge is 2.29. The molecule has 40 heavy (non-hydrogen) atoms. The van der Waals surface area contributed by atoms with Crippen LogP contribution < -0.4 is 0 Å². The molecule has 0 spiro atoms. The average Bonchev–Trinajstić information content (AvgIpc) is 3.53. The zero-order valence-corrected chi connectivity index (χ0v) is 24.2. The van der Waals surface area contributed by atoms with E-state index in [2.05, 4.69) is 71.9 Å². The number of fused-ring (bicyclic) bond motifs is 4. The van der Waals surface area contributed by atoms with E-state index in [0.29, 0.717) is 11.5 Å². The molecule has 1 saturated carbocycles. The summed E-state index contributed by atoms with van der Waals surface area (Å²) in [5.41, 5.74) is 13.7. The van der Waals surface area contributed by atoms with Crippen LogP contribution in [0.5, 0.6) is 0 Å². The predicted octanol–water partition coefficient (Wildman–Crippen LogP) is 8.50. The summed E-state index contributed by atoms with van der Waals surface area (Å²) in [4.78, 5) is 12.0. The molecule has 7 rings (SSSR count). The zero-order valence-electron chi connectivity index (χ0n) is 24.2. The molecule has 1 N–H and O–H groups in total. The van der Waals surface area contributed by atoms with E-state index in [0.717, 1.165) is 31.6 Å². The van der Waals surface area contributed by atoms with Crippen LogP contribution >= 0.6 is 0 Å². The van der Waals surface area contributed by atoms with E-state index < -0.39 is 5.97 Å². The van der Waals surface area contributed by atoms with Gasteiger partial charge in [0.1, 0.15) is 0 Å². The van der Waals surface area contributed by atoms with Gasteiger partial charge in [-0.3, -0.25) is 0 Å². The normalized spacial score (nSPS) is 15.9. The molecule has 5 heteroatoms. The van der Waals surface area contributed by atoms with Crippen LogP contribution in [0.15, 0.2) is 42.6 Å². The standard InChI is InChI=1S/C35H39N3O2/c1-21-22(2)24(4)38(23(21)3)20-27-19-36-16-9-17-37-31-18-26(35(39)40)14-15-29(31)32(25-10-6-5-7-11-25)34(37)30-13-8-12-28(27)33(30)36/h8,12-15,18-19,25H,5-7,9-11,16-17,20H2,1-4H3,(H,39,40). The molecule has 0 saturated heterocycles. The van der Waals surface area contributed by atoms with Gasteiger partial charge in [-0.1, -0.05) is 43.5 Å². The molecule has 5 nitrogen and oxygen atoms in total. The lowest BCUT2D eigenvalue weighted by molar-refractivity contribution is 0.0697. The zero-order chi connectivity index (χ0) is 27.7. The van der Waals surface area contributed by atoms with Crippen LogP contribution in [0.4, 0.5) is 0 Å². The Morgan fingerprint density at radius 3 is 2.38 bits per heavy atom. The van der Waals surface area contributed by atoms with Crippen LogP contribution in [-0.4, -0.2) is 24.8 Å². The minimum Gasteiger partial charge on any atom is -0.478 e. The van der Waals surface area contributed by atoms with Gasteiger partial charge >= 0.3 is 5.97 Å². The Bertz CT molecular complexity index is 1780. The summed E-state index contributed by atoms with van der Waals surface area (Å²) in [5, 5.41) is 12.4. The molecular formula is C35H39N3O2. The van der Waals surface area contributed by atoms with Gasteiger partial charge in [-0.15, -0.1) is 0 Å². The first-order chi connectivity index (χ1) is 19.3.